The van der Waals surface area contributed by atoms with Gasteiger partial charge in [0.05, 0.1) is 10.9 Å². The largest absolute Gasteiger partial charge is 0.295 e. The smallest absolute Gasteiger partial charge is 0.262 e. The third kappa shape index (κ3) is 2.19. The van der Waals surface area contributed by atoms with Gasteiger partial charge in [-0.15, -0.1) is 0 Å². The molecular weight excluding hydrogens is 306 g/mol. The molecular formula is C18H15N3O3. The van der Waals surface area contributed by atoms with Gasteiger partial charge in [0.1, 0.15) is 11.9 Å². The number of carbonyl (C=O) groups is 2. The molecule has 1 saturated heterocycles. The lowest BCUT2D eigenvalue weighted by molar-refractivity contribution is -0.135. The molecule has 3 aromatic rings. The van der Waals surface area contributed by atoms with Crippen molar-refractivity contribution in [3.8, 4) is 0 Å². The van der Waals surface area contributed by atoms with Crippen LogP contribution in [0.1, 0.15) is 24.7 Å². The minimum absolute atomic E-state index is 0.220. The first-order valence-corrected chi connectivity index (χ1v) is 7.80. The Morgan fingerprint density at radius 3 is 2.54 bits per heavy atom. The van der Waals surface area contributed by atoms with E-state index in [1.54, 1.807) is 6.92 Å². The molecule has 1 aliphatic rings. The number of amides is 2. The van der Waals surface area contributed by atoms with Crippen LogP contribution in [0.25, 0.3) is 21.7 Å². The number of nitrogens with zero attached hydrogens (tertiary/aromatic N) is 2. The van der Waals surface area contributed by atoms with Crippen molar-refractivity contribution < 1.29 is 9.59 Å². The van der Waals surface area contributed by atoms with Crippen LogP contribution in [0, 0.1) is 6.92 Å². The summed E-state index contributed by atoms with van der Waals surface area (Å²) in [7, 11) is 0. The summed E-state index contributed by atoms with van der Waals surface area (Å²) in [6.07, 6.45) is 0.532. The van der Waals surface area contributed by atoms with E-state index < -0.39 is 11.9 Å². The molecule has 4 rings (SSSR count). The molecule has 2 amide bonds. The maximum Gasteiger partial charge on any atom is 0.262 e. The van der Waals surface area contributed by atoms with Crippen LogP contribution in [-0.2, 0) is 9.59 Å². The first-order chi connectivity index (χ1) is 11.5. The lowest BCUT2D eigenvalue weighted by Gasteiger charge is -2.24. The van der Waals surface area contributed by atoms with Crippen LogP contribution in [0.4, 0.5) is 0 Å². The molecule has 0 aliphatic carbocycles. The van der Waals surface area contributed by atoms with Crippen molar-refractivity contribution in [3.63, 3.8) is 0 Å². The number of piperidine rings is 1. The van der Waals surface area contributed by atoms with Crippen LogP contribution in [0.15, 0.2) is 41.2 Å². The molecule has 1 unspecified atom stereocenters. The van der Waals surface area contributed by atoms with Gasteiger partial charge in [0.2, 0.25) is 11.8 Å². The Balaban J connectivity index is 1.96. The van der Waals surface area contributed by atoms with Crippen molar-refractivity contribution in [1.29, 1.82) is 0 Å². The Kier molecular flexibility index (Phi) is 3.19. The summed E-state index contributed by atoms with van der Waals surface area (Å²) in [5.41, 5.74) is 0.359. The Hall–Kier alpha value is -3.02. The molecule has 0 radical (unpaired) electrons. The van der Waals surface area contributed by atoms with Gasteiger partial charge >= 0.3 is 0 Å². The molecule has 6 nitrogen and oxygen atoms in total. The fourth-order valence-electron chi connectivity index (χ4n) is 3.29. The molecule has 1 N–H and O–H groups in total. The highest BCUT2D eigenvalue weighted by Gasteiger charge is 2.30. The Morgan fingerprint density at radius 2 is 1.83 bits per heavy atom. The zero-order chi connectivity index (χ0) is 16.8. The molecule has 2 aromatic carbocycles. The highest BCUT2D eigenvalue weighted by Crippen LogP contribution is 2.23. The summed E-state index contributed by atoms with van der Waals surface area (Å²) in [5, 5.41) is 4.73. The fourth-order valence-corrected chi connectivity index (χ4v) is 3.29. The molecule has 0 spiro atoms. The summed E-state index contributed by atoms with van der Waals surface area (Å²) in [5.74, 6) is -0.280. The molecule has 0 saturated carbocycles. The number of benzene rings is 2. The number of imide groups is 1. The summed E-state index contributed by atoms with van der Waals surface area (Å²) in [6, 6.07) is 10.7. The number of hydrogen-bond donors (Lipinski definition) is 1. The Bertz CT molecular complexity index is 1070. The lowest BCUT2D eigenvalue weighted by Crippen LogP contribution is -2.45. The van der Waals surface area contributed by atoms with E-state index in [0.29, 0.717) is 23.1 Å². The van der Waals surface area contributed by atoms with Crippen LogP contribution in [0.5, 0.6) is 0 Å². The predicted molar refractivity (Wildman–Crippen MR) is 89.7 cm³/mol. The second-order valence-electron chi connectivity index (χ2n) is 6.02. The summed E-state index contributed by atoms with van der Waals surface area (Å²) >= 11 is 0. The number of fused-ring (bicyclic) bond motifs is 2. The third-order valence-electron chi connectivity index (χ3n) is 4.47. The van der Waals surface area contributed by atoms with Gasteiger partial charge in [-0.1, -0.05) is 24.3 Å². The van der Waals surface area contributed by atoms with Crippen LogP contribution in [-0.4, -0.2) is 21.4 Å². The van der Waals surface area contributed by atoms with Crippen LogP contribution in [0.2, 0.25) is 0 Å². The van der Waals surface area contributed by atoms with E-state index >= 15 is 0 Å². The van der Waals surface area contributed by atoms with E-state index in [1.807, 2.05) is 36.4 Å². The third-order valence-corrected chi connectivity index (χ3v) is 4.47. The number of rotatable bonds is 1. The van der Waals surface area contributed by atoms with Crippen molar-refractivity contribution in [1.82, 2.24) is 14.9 Å². The van der Waals surface area contributed by atoms with Crippen molar-refractivity contribution in [3.05, 3.63) is 52.6 Å². The summed E-state index contributed by atoms with van der Waals surface area (Å²) in [6.45, 7) is 1.71. The zero-order valence-electron chi connectivity index (χ0n) is 13.1. The SMILES string of the molecule is Cc1nc2cc3ccccc3cc2c(=O)n1C1CCC(=O)NC1=O. The summed E-state index contributed by atoms with van der Waals surface area (Å²) in [4.78, 5) is 41.0. The van der Waals surface area contributed by atoms with Gasteiger partial charge < -0.3 is 0 Å². The van der Waals surface area contributed by atoms with Gasteiger partial charge in [-0.2, -0.15) is 0 Å². The number of nitrogens with one attached hydrogen (secondary N) is 1. The molecule has 24 heavy (non-hydrogen) atoms. The van der Waals surface area contributed by atoms with E-state index in [0.717, 1.165) is 10.8 Å². The molecule has 0 bridgehead atoms. The maximum atomic E-state index is 13.0. The van der Waals surface area contributed by atoms with Gasteiger partial charge in [-0.05, 0) is 36.2 Å². The molecule has 1 atom stereocenters. The molecule has 1 fully saturated rings. The van der Waals surface area contributed by atoms with Gasteiger partial charge in [-0.3, -0.25) is 24.3 Å². The van der Waals surface area contributed by atoms with E-state index in [1.165, 1.54) is 4.57 Å². The van der Waals surface area contributed by atoms with Crippen LogP contribution >= 0.6 is 0 Å². The quantitative estimate of drug-likeness (QED) is 0.548. The first kappa shape index (κ1) is 14.6. The van der Waals surface area contributed by atoms with Gasteiger partial charge in [-0.25, -0.2) is 4.98 Å². The number of aryl methyl sites for hydroxylation is 1. The number of hydrogen-bond acceptors (Lipinski definition) is 4. The lowest BCUT2D eigenvalue weighted by atomic mass is 10.0. The molecule has 6 heteroatoms. The normalized spacial score (nSPS) is 18.1. The number of aromatic nitrogens is 2. The second-order valence-corrected chi connectivity index (χ2v) is 6.02. The average Bonchev–Trinajstić information content (AvgIpc) is 2.55. The average molecular weight is 321 g/mol. The second kappa shape index (κ2) is 5.26. The van der Waals surface area contributed by atoms with Gasteiger partial charge in [0.15, 0.2) is 0 Å². The van der Waals surface area contributed by atoms with Crippen molar-refractivity contribution in [2.75, 3.05) is 0 Å². The molecule has 120 valence electrons. The van der Waals surface area contributed by atoms with E-state index in [2.05, 4.69) is 10.3 Å². The van der Waals surface area contributed by atoms with Crippen LogP contribution in [0.3, 0.4) is 0 Å². The van der Waals surface area contributed by atoms with Gasteiger partial charge in [0.25, 0.3) is 5.56 Å². The Morgan fingerprint density at radius 1 is 1.12 bits per heavy atom. The van der Waals surface area contributed by atoms with Crippen molar-refractivity contribution in [2.45, 2.75) is 25.8 Å². The van der Waals surface area contributed by atoms with E-state index in [-0.39, 0.29) is 17.9 Å². The highest BCUT2D eigenvalue weighted by molar-refractivity contribution is 6.00. The van der Waals surface area contributed by atoms with Crippen molar-refractivity contribution in [2.24, 2.45) is 0 Å². The minimum atomic E-state index is -0.696. The van der Waals surface area contributed by atoms with Gasteiger partial charge in [0, 0.05) is 6.42 Å². The first-order valence-electron chi connectivity index (χ1n) is 7.80. The highest BCUT2D eigenvalue weighted by atomic mass is 16.2. The number of carbonyl (C=O) groups excluding carboxylic acids is 2. The maximum absolute atomic E-state index is 13.0. The fraction of sp³-hybridized carbons (Fsp3) is 0.222. The summed E-state index contributed by atoms with van der Waals surface area (Å²) < 4.78 is 1.40. The monoisotopic (exact) mass is 321 g/mol. The standard InChI is InChI=1S/C18H15N3O3/c1-10-19-14-9-12-5-3-2-4-11(12)8-13(14)18(24)21(10)15-6-7-16(22)20-17(15)23/h2-5,8-9,15H,6-7H2,1H3,(H,20,22,23). The predicted octanol–water partition coefficient (Wildman–Crippen LogP) is 1.84. The van der Waals surface area contributed by atoms with E-state index in [9.17, 15) is 14.4 Å². The van der Waals surface area contributed by atoms with Crippen LogP contribution < -0.4 is 10.9 Å². The Labute approximate surface area is 137 Å². The molecule has 1 aromatic heterocycles. The molecule has 2 heterocycles. The minimum Gasteiger partial charge on any atom is -0.295 e. The topological polar surface area (TPSA) is 81.1 Å². The molecule has 1 aliphatic heterocycles. The zero-order valence-corrected chi connectivity index (χ0v) is 13.1. The van der Waals surface area contributed by atoms with Crippen molar-refractivity contribution >= 4 is 33.5 Å². The van der Waals surface area contributed by atoms with E-state index in [4.69, 9.17) is 0 Å².